The van der Waals surface area contributed by atoms with E-state index in [1.165, 1.54) is 54.6 Å². The number of unbranched alkanes of at least 4 members (excludes halogenated alkanes) is 1. The van der Waals surface area contributed by atoms with Crippen molar-refractivity contribution in [3.8, 4) is 5.75 Å². The number of amides is 12. The zero-order valence-electron chi connectivity index (χ0n) is 69.5. The number of rotatable bonds is 50. The van der Waals surface area contributed by atoms with Crippen molar-refractivity contribution >= 4 is 82.8 Å². The molecular weight excluding hydrogens is 1540 g/mol. The molecule has 38 nitrogen and oxygen atoms in total. The molecule has 0 bridgehead atoms. The lowest BCUT2D eigenvalue weighted by molar-refractivity contribution is -0.143. The van der Waals surface area contributed by atoms with Crippen LogP contribution < -0.4 is 81.0 Å². The number of guanidine groups is 1. The molecule has 1 aliphatic heterocycles. The van der Waals surface area contributed by atoms with Crippen molar-refractivity contribution in [2.24, 2.45) is 46.8 Å². The van der Waals surface area contributed by atoms with Crippen LogP contribution in [-0.2, 0) is 94.4 Å². The Morgan fingerprint density at radius 3 is 1.38 bits per heavy atom. The topological polar surface area (TPSA) is 598 Å². The minimum Gasteiger partial charge on any atom is -0.508 e. The number of hydrogen-bond acceptors (Lipinski definition) is 20. The lowest BCUT2D eigenvalue weighted by Gasteiger charge is -2.32. The van der Waals surface area contributed by atoms with E-state index in [4.69, 9.17) is 22.6 Å². The van der Waals surface area contributed by atoms with E-state index >= 15 is 24.0 Å². The van der Waals surface area contributed by atoms with Crippen molar-refractivity contribution in [1.29, 1.82) is 5.41 Å². The summed E-state index contributed by atoms with van der Waals surface area (Å²) < 4.78 is 0. The van der Waals surface area contributed by atoms with Crippen LogP contribution in [0, 0.1) is 35.0 Å². The lowest BCUT2D eigenvalue weighted by atomic mass is 9.95. The van der Waals surface area contributed by atoms with Gasteiger partial charge in [-0.3, -0.25) is 62.9 Å². The van der Waals surface area contributed by atoms with Crippen LogP contribution in [-0.4, -0.2) is 226 Å². The molecule has 0 radical (unpaired) electrons. The average Bonchev–Trinajstić information content (AvgIpc) is 1.75. The third kappa shape index (κ3) is 30.9. The first kappa shape index (κ1) is 96.0. The highest BCUT2D eigenvalue weighted by molar-refractivity contribution is 6.00. The van der Waals surface area contributed by atoms with Gasteiger partial charge in [-0.05, 0) is 111 Å². The van der Waals surface area contributed by atoms with Crippen molar-refractivity contribution in [2.75, 3.05) is 19.6 Å². The van der Waals surface area contributed by atoms with Crippen LogP contribution in [0.3, 0.4) is 0 Å². The van der Waals surface area contributed by atoms with Crippen molar-refractivity contribution in [2.45, 2.75) is 244 Å². The van der Waals surface area contributed by atoms with Crippen LogP contribution in [0.2, 0.25) is 0 Å². The second kappa shape index (κ2) is 48.1. The Hall–Kier alpha value is -11.8. The summed E-state index contributed by atoms with van der Waals surface area (Å²) in [7, 11) is 0. The van der Waals surface area contributed by atoms with Gasteiger partial charge in [-0.2, -0.15) is 0 Å². The Kier molecular flexibility index (Phi) is 38.8. The van der Waals surface area contributed by atoms with E-state index < -0.39 is 179 Å². The number of nitrogens with zero attached hydrogens (tertiary/aromatic N) is 4. The van der Waals surface area contributed by atoms with Gasteiger partial charge in [-0.15, -0.1) is 0 Å². The zero-order chi connectivity index (χ0) is 87.6. The summed E-state index contributed by atoms with van der Waals surface area (Å²) in [5, 5.41) is 60.6. The SMILES string of the molecule is CC[C@H](C)[C@H](NC(=O)[C@H](Cc1ccc(O)cc1)NC(=O)[C@@H](NC(=O)[C@@H](N)CCCNC(=N)N)C(C)C)C(=O)N[C@@H](Cc1c[nH]cn1)C(=O)N1CCC[C@H]1C(=O)N[C@@H](Cc1ccccc1)C(=O)N[C@@H](Cc1c[nH]cn1)C(=O)N[C@@H](CC(C)C)C(=O)N[C@H](C(=O)N[C@H](C(=O)N[C@@H](Cc1c[nH]cn1)C(=O)N[C@@H](CCCCN)C(=O)O)[C@@H](C)CC)C(C)C. The zero-order valence-corrected chi connectivity index (χ0v) is 69.5. The van der Waals surface area contributed by atoms with E-state index in [2.05, 4.69) is 93.7 Å². The van der Waals surface area contributed by atoms with E-state index in [0.717, 1.165) is 0 Å². The molecule has 5 aromatic rings. The van der Waals surface area contributed by atoms with Crippen molar-refractivity contribution in [3.05, 3.63) is 120 Å². The van der Waals surface area contributed by atoms with Crippen LogP contribution in [0.1, 0.15) is 162 Å². The van der Waals surface area contributed by atoms with E-state index in [-0.39, 0.29) is 88.5 Å². The van der Waals surface area contributed by atoms with Gasteiger partial charge in [0.1, 0.15) is 78.3 Å². The molecule has 119 heavy (non-hydrogen) atoms. The smallest absolute Gasteiger partial charge is 0.326 e. The second-order valence-electron chi connectivity index (χ2n) is 31.5. The number of aliphatic carboxylic acids is 1. The van der Waals surface area contributed by atoms with Gasteiger partial charge in [0.2, 0.25) is 70.9 Å². The number of phenols is 1. The summed E-state index contributed by atoms with van der Waals surface area (Å²) in [5.74, 6) is -13.5. The first-order valence-electron chi connectivity index (χ1n) is 40.8. The quantitative estimate of drug-likeness (QED) is 0.0134. The van der Waals surface area contributed by atoms with Gasteiger partial charge >= 0.3 is 5.97 Å². The molecule has 12 amide bonds. The molecular formula is C81H123N23O15. The summed E-state index contributed by atoms with van der Waals surface area (Å²) in [5.41, 5.74) is 19.3. The van der Waals surface area contributed by atoms with Gasteiger partial charge in [0.15, 0.2) is 5.96 Å². The second-order valence-corrected chi connectivity index (χ2v) is 31.5. The average molecular weight is 1660 g/mol. The highest BCUT2D eigenvalue weighted by atomic mass is 16.4. The van der Waals surface area contributed by atoms with Gasteiger partial charge in [0, 0.05) is 63.8 Å². The Morgan fingerprint density at radius 1 is 0.496 bits per heavy atom. The number of imidazole rings is 3. The minimum atomic E-state index is -1.49. The first-order chi connectivity index (χ1) is 56.6. The maximum Gasteiger partial charge on any atom is 0.326 e. The molecule has 652 valence electrons. The number of aromatic amines is 3. The molecule has 24 N–H and O–H groups in total. The molecule has 0 unspecified atom stereocenters. The lowest BCUT2D eigenvalue weighted by Crippen LogP contribution is -2.62. The fourth-order valence-corrected chi connectivity index (χ4v) is 13.6. The maximum absolute atomic E-state index is 15.3. The number of phenolic OH excluding ortho intramolecular Hbond substituents is 1. The van der Waals surface area contributed by atoms with Gasteiger partial charge in [0.05, 0.1) is 42.1 Å². The Bertz CT molecular complexity index is 4110. The van der Waals surface area contributed by atoms with Gasteiger partial charge in [-0.1, -0.05) is 125 Å². The van der Waals surface area contributed by atoms with Crippen LogP contribution in [0.5, 0.6) is 5.75 Å². The Morgan fingerprint density at radius 2 is 0.908 bits per heavy atom. The van der Waals surface area contributed by atoms with E-state index in [1.807, 2.05) is 0 Å². The third-order valence-electron chi connectivity index (χ3n) is 20.9. The van der Waals surface area contributed by atoms with Crippen molar-refractivity contribution in [1.82, 2.24) is 98.6 Å². The molecule has 4 heterocycles. The Balaban J connectivity index is 1.22. The number of aromatic nitrogens is 6. The molecule has 0 saturated carbocycles. The van der Waals surface area contributed by atoms with E-state index in [9.17, 15) is 48.6 Å². The number of carboxylic acids is 1. The maximum atomic E-state index is 15.3. The number of aromatic hydroxyl groups is 1. The molecule has 15 atom stereocenters. The summed E-state index contributed by atoms with van der Waals surface area (Å²) in [6.07, 6.45) is 10.4. The van der Waals surface area contributed by atoms with Gasteiger partial charge < -0.3 is 111 Å². The molecule has 1 fully saturated rings. The van der Waals surface area contributed by atoms with Gasteiger partial charge in [-0.25, -0.2) is 19.7 Å². The number of H-pyrrole nitrogens is 3. The van der Waals surface area contributed by atoms with Crippen LogP contribution in [0.25, 0.3) is 0 Å². The summed E-state index contributed by atoms with van der Waals surface area (Å²) >= 11 is 0. The predicted octanol–water partition coefficient (Wildman–Crippen LogP) is -0.347. The van der Waals surface area contributed by atoms with E-state index in [0.29, 0.717) is 73.3 Å². The van der Waals surface area contributed by atoms with Crippen LogP contribution in [0.4, 0.5) is 0 Å². The standard InChI is InChI=1S/C81H123N23O15/c1-11-47(9)66(102-73(111)59(34-50-25-27-54(105)28-26-50)97-75(113)64(45(5)6)100-68(106)55(83)22-18-30-89-81(84)85)78(116)99-62(37-53-40-88-43-92-53)79(117)104-31-19-24-63(104)74(112)96-58(33-49-20-14-13-15-21-49)69(107)95-60(35-51-38-86-41-90-51)71(109)94-57(32-44(3)4)72(110)101-65(46(7)8)76(114)103-67(48(10)12-2)77(115)98-61(36-52-39-87-42-91-52)70(108)93-56(80(118)119)23-16-17-29-82/h13-15,20-21,25-28,38-48,55-67,105H,11-12,16-19,22-24,29-37,82-83H2,1-10H3,(H,86,90)(H,87,91)(H,88,92)(H,93,108)(H,94,109)(H,95,107)(H,96,112)(H,97,113)(H,98,115)(H,99,116)(H,100,106)(H,101,110)(H,102,111)(H,103,114)(H,118,119)(H4,84,85,89)/t47-,48-,55-,56-,57-,58-,59-,60-,61-,62-,63-,64-,65-,66-,67-/m0/s1. The monoisotopic (exact) mass is 1660 g/mol. The normalized spacial score (nSPS) is 16.2. The Labute approximate surface area is 693 Å². The fourth-order valence-electron chi connectivity index (χ4n) is 13.6. The molecule has 0 spiro atoms. The fraction of sp³-hybridized carbons (Fsp3) is 0.568. The first-order valence-corrected chi connectivity index (χ1v) is 40.8. The highest BCUT2D eigenvalue weighted by Crippen LogP contribution is 2.23. The number of benzene rings is 2. The molecule has 2 aromatic carbocycles. The number of hydrogen-bond donors (Lipinski definition) is 21. The molecule has 0 aliphatic carbocycles. The number of likely N-dealkylation sites (tertiary alicyclic amines) is 1. The van der Waals surface area contributed by atoms with Crippen LogP contribution in [0.15, 0.2) is 92.2 Å². The number of carboxylic acid groups (broad SMARTS) is 1. The third-order valence-corrected chi connectivity index (χ3v) is 20.9. The predicted molar refractivity (Wildman–Crippen MR) is 441 cm³/mol. The minimum absolute atomic E-state index is 0.0153. The summed E-state index contributed by atoms with van der Waals surface area (Å²) in [4.78, 5) is 211. The number of nitrogens with one attached hydrogen (secondary N) is 16. The summed E-state index contributed by atoms with van der Waals surface area (Å²) in [6.45, 7) is 17.9. The molecule has 1 saturated heterocycles. The van der Waals surface area contributed by atoms with Crippen molar-refractivity contribution in [3.63, 3.8) is 0 Å². The number of nitrogens with two attached hydrogens (primary N) is 3. The van der Waals surface area contributed by atoms with E-state index in [1.54, 1.807) is 112 Å². The molecule has 1 aliphatic rings. The molecule has 3 aromatic heterocycles. The van der Waals surface area contributed by atoms with Gasteiger partial charge in [0.25, 0.3) is 0 Å². The molecule has 38 heteroatoms. The van der Waals surface area contributed by atoms with Crippen molar-refractivity contribution < 1.29 is 72.5 Å². The number of carbonyl (C=O) groups is 13. The van der Waals surface area contributed by atoms with Crippen LogP contribution >= 0.6 is 0 Å². The largest absolute Gasteiger partial charge is 0.508 e. The highest BCUT2D eigenvalue weighted by Gasteiger charge is 2.43. The summed E-state index contributed by atoms with van der Waals surface area (Å²) in [6, 6.07) is -2.64. The molecule has 6 rings (SSSR count). The number of carbonyl (C=O) groups excluding carboxylic acids is 12.